The summed E-state index contributed by atoms with van der Waals surface area (Å²) >= 11 is 0. The highest BCUT2D eigenvalue weighted by Crippen LogP contribution is 2.18. The molecular formula is C19H24N2O2. The van der Waals surface area contributed by atoms with Gasteiger partial charge in [-0.15, -0.1) is 0 Å². The van der Waals surface area contributed by atoms with E-state index < -0.39 is 6.04 Å². The highest BCUT2D eigenvalue weighted by atomic mass is 16.5. The van der Waals surface area contributed by atoms with Gasteiger partial charge in [0.15, 0.2) is 0 Å². The normalized spacial score (nSPS) is 13.3. The van der Waals surface area contributed by atoms with Gasteiger partial charge in [-0.3, -0.25) is 4.98 Å². The molecule has 0 aliphatic heterocycles. The lowest BCUT2D eigenvalue weighted by molar-refractivity contribution is -0.145. The van der Waals surface area contributed by atoms with Crippen LogP contribution in [-0.2, 0) is 9.53 Å². The summed E-state index contributed by atoms with van der Waals surface area (Å²) in [5.41, 5.74) is 3.07. The van der Waals surface area contributed by atoms with E-state index >= 15 is 0 Å². The molecule has 2 unspecified atom stereocenters. The van der Waals surface area contributed by atoms with Crippen molar-refractivity contribution in [2.75, 3.05) is 13.2 Å². The van der Waals surface area contributed by atoms with Crippen molar-refractivity contribution in [2.24, 2.45) is 0 Å². The Bertz CT molecular complexity index is 611. The average molecular weight is 312 g/mol. The molecule has 2 aromatic rings. The van der Waals surface area contributed by atoms with E-state index in [1.54, 1.807) is 0 Å². The van der Waals surface area contributed by atoms with E-state index in [1.807, 2.05) is 56.4 Å². The van der Waals surface area contributed by atoms with Crippen molar-refractivity contribution in [1.29, 1.82) is 0 Å². The van der Waals surface area contributed by atoms with Crippen molar-refractivity contribution in [3.8, 4) is 0 Å². The molecule has 0 aliphatic rings. The molecule has 1 N–H and O–H groups in total. The fourth-order valence-corrected chi connectivity index (χ4v) is 2.39. The van der Waals surface area contributed by atoms with Gasteiger partial charge >= 0.3 is 5.97 Å². The summed E-state index contributed by atoms with van der Waals surface area (Å²) in [7, 11) is 0. The Labute approximate surface area is 137 Å². The van der Waals surface area contributed by atoms with Crippen LogP contribution in [0, 0.1) is 6.92 Å². The van der Waals surface area contributed by atoms with Gasteiger partial charge in [-0.05, 0) is 37.0 Å². The number of aryl methyl sites for hydroxylation is 1. The molecule has 0 fully saturated rings. The van der Waals surface area contributed by atoms with Crippen LogP contribution < -0.4 is 5.32 Å². The van der Waals surface area contributed by atoms with Crippen LogP contribution in [-0.4, -0.2) is 24.1 Å². The van der Waals surface area contributed by atoms with Crippen LogP contribution in [0.3, 0.4) is 0 Å². The Morgan fingerprint density at radius 2 is 1.91 bits per heavy atom. The molecule has 122 valence electrons. The number of aromatic nitrogens is 1. The molecule has 2 atom stereocenters. The van der Waals surface area contributed by atoms with Gasteiger partial charge in [0, 0.05) is 18.4 Å². The molecule has 0 saturated carbocycles. The maximum atomic E-state index is 12.2. The smallest absolute Gasteiger partial charge is 0.327 e. The zero-order valence-electron chi connectivity index (χ0n) is 14.0. The quantitative estimate of drug-likeness (QED) is 0.796. The number of nitrogens with zero attached hydrogens (tertiary/aromatic N) is 1. The second kappa shape index (κ2) is 8.44. The van der Waals surface area contributed by atoms with Crippen LogP contribution in [0.25, 0.3) is 0 Å². The standard InChI is InChI=1S/C19H24N2O2/c1-4-23-19(22)18(16-8-6-5-7-9-16)21-12-14(2)17-11-10-15(3)20-13-17/h5-11,13-14,18,21H,4,12H2,1-3H3. The van der Waals surface area contributed by atoms with Crippen LogP contribution in [0.2, 0.25) is 0 Å². The van der Waals surface area contributed by atoms with Crippen molar-refractivity contribution < 1.29 is 9.53 Å². The molecule has 1 heterocycles. The Morgan fingerprint density at radius 3 is 2.52 bits per heavy atom. The first-order valence-electron chi connectivity index (χ1n) is 7.99. The van der Waals surface area contributed by atoms with E-state index in [-0.39, 0.29) is 11.9 Å². The molecule has 0 radical (unpaired) electrons. The number of carbonyl (C=O) groups excluding carboxylic acids is 1. The fourth-order valence-electron chi connectivity index (χ4n) is 2.39. The molecule has 0 amide bonds. The summed E-state index contributed by atoms with van der Waals surface area (Å²) < 4.78 is 5.20. The maximum Gasteiger partial charge on any atom is 0.327 e. The first kappa shape index (κ1) is 17.2. The summed E-state index contributed by atoms with van der Waals surface area (Å²) in [4.78, 5) is 16.6. The lowest BCUT2D eigenvalue weighted by atomic mass is 10.0. The second-order valence-electron chi connectivity index (χ2n) is 5.64. The third-order valence-corrected chi connectivity index (χ3v) is 3.79. The summed E-state index contributed by atoms with van der Waals surface area (Å²) in [6.45, 7) is 6.95. The number of benzene rings is 1. The van der Waals surface area contributed by atoms with Crippen molar-refractivity contribution in [2.45, 2.75) is 32.7 Å². The zero-order chi connectivity index (χ0) is 16.7. The molecule has 4 heteroatoms. The van der Waals surface area contributed by atoms with Crippen LogP contribution in [0.1, 0.15) is 42.6 Å². The zero-order valence-corrected chi connectivity index (χ0v) is 14.0. The van der Waals surface area contributed by atoms with E-state index in [1.165, 1.54) is 0 Å². The number of rotatable bonds is 7. The van der Waals surface area contributed by atoms with E-state index in [4.69, 9.17) is 4.74 Å². The molecule has 4 nitrogen and oxygen atoms in total. The highest BCUT2D eigenvalue weighted by molar-refractivity contribution is 5.77. The van der Waals surface area contributed by atoms with Crippen molar-refractivity contribution >= 4 is 5.97 Å². The van der Waals surface area contributed by atoms with Crippen LogP contribution in [0.4, 0.5) is 0 Å². The lowest BCUT2D eigenvalue weighted by Gasteiger charge is -2.20. The van der Waals surface area contributed by atoms with Gasteiger partial charge in [0.25, 0.3) is 0 Å². The fraction of sp³-hybridized carbons (Fsp3) is 0.368. The van der Waals surface area contributed by atoms with Gasteiger partial charge in [0.1, 0.15) is 6.04 Å². The molecule has 0 aliphatic carbocycles. The first-order chi connectivity index (χ1) is 11.1. The number of hydrogen-bond donors (Lipinski definition) is 1. The minimum atomic E-state index is -0.447. The predicted molar refractivity (Wildman–Crippen MR) is 91.2 cm³/mol. The number of ether oxygens (including phenoxy) is 1. The Kier molecular flexibility index (Phi) is 6.29. The van der Waals surface area contributed by atoms with Crippen LogP contribution in [0.5, 0.6) is 0 Å². The van der Waals surface area contributed by atoms with Crippen molar-refractivity contribution in [3.63, 3.8) is 0 Å². The van der Waals surface area contributed by atoms with Crippen molar-refractivity contribution in [3.05, 3.63) is 65.5 Å². The lowest BCUT2D eigenvalue weighted by Crippen LogP contribution is -2.32. The minimum Gasteiger partial charge on any atom is -0.465 e. The molecule has 0 spiro atoms. The second-order valence-corrected chi connectivity index (χ2v) is 5.64. The third-order valence-electron chi connectivity index (χ3n) is 3.79. The van der Waals surface area contributed by atoms with Gasteiger partial charge in [0.05, 0.1) is 6.61 Å². The Hall–Kier alpha value is -2.20. The Balaban J connectivity index is 2.06. The molecule has 23 heavy (non-hydrogen) atoms. The van der Waals surface area contributed by atoms with Gasteiger partial charge in [0.2, 0.25) is 0 Å². The van der Waals surface area contributed by atoms with Gasteiger partial charge in [-0.2, -0.15) is 0 Å². The van der Waals surface area contributed by atoms with E-state index in [9.17, 15) is 4.79 Å². The summed E-state index contributed by atoms with van der Waals surface area (Å²) in [6.07, 6.45) is 1.89. The van der Waals surface area contributed by atoms with E-state index in [0.717, 1.165) is 16.8 Å². The molecule has 1 aromatic carbocycles. The third kappa shape index (κ3) is 4.89. The summed E-state index contributed by atoms with van der Waals surface area (Å²) in [6, 6.07) is 13.3. The number of carbonyl (C=O) groups is 1. The Morgan fingerprint density at radius 1 is 1.17 bits per heavy atom. The molecule has 0 bridgehead atoms. The highest BCUT2D eigenvalue weighted by Gasteiger charge is 2.22. The molecule has 2 rings (SSSR count). The van der Waals surface area contributed by atoms with Gasteiger partial charge in [-0.1, -0.05) is 43.3 Å². The molecule has 0 saturated heterocycles. The van der Waals surface area contributed by atoms with E-state index in [2.05, 4.69) is 23.3 Å². The van der Waals surface area contributed by atoms with Crippen molar-refractivity contribution in [1.82, 2.24) is 10.3 Å². The largest absolute Gasteiger partial charge is 0.465 e. The number of nitrogens with one attached hydrogen (secondary N) is 1. The van der Waals surface area contributed by atoms with Gasteiger partial charge < -0.3 is 10.1 Å². The molecular weight excluding hydrogens is 288 g/mol. The monoisotopic (exact) mass is 312 g/mol. The van der Waals surface area contributed by atoms with Crippen LogP contribution in [0.15, 0.2) is 48.7 Å². The van der Waals surface area contributed by atoms with Gasteiger partial charge in [-0.25, -0.2) is 4.79 Å². The van der Waals surface area contributed by atoms with E-state index in [0.29, 0.717) is 13.2 Å². The minimum absolute atomic E-state index is 0.243. The maximum absolute atomic E-state index is 12.2. The van der Waals surface area contributed by atoms with Crippen LogP contribution >= 0.6 is 0 Å². The summed E-state index contributed by atoms with van der Waals surface area (Å²) in [5, 5.41) is 3.33. The number of hydrogen-bond acceptors (Lipinski definition) is 4. The number of esters is 1. The number of pyridine rings is 1. The predicted octanol–water partition coefficient (Wildman–Crippen LogP) is 3.39. The SMILES string of the molecule is CCOC(=O)C(NCC(C)c1ccc(C)nc1)c1ccccc1. The average Bonchev–Trinajstić information content (AvgIpc) is 2.57. The topological polar surface area (TPSA) is 51.2 Å². The first-order valence-corrected chi connectivity index (χ1v) is 7.99. The summed E-state index contributed by atoms with van der Waals surface area (Å²) in [5.74, 6) is 0.0108. The molecule has 1 aromatic heterocycles.